The van der Waals surface area contributed by atoms with Crippen LogP contribution in [-0.2, 0) is 19.7 Å². The minimum absolute atomic E-state index is 0.562. The van der Waals surface area contributed by atoms with Gasteiger partial charge in [0.25, 0.3) is 0 Å². The van der Waals surface area contributed by atoms with Crippen LogP contribution in [0.5, 0.6) is 0 Å². The van der Waals surface area contributed by atoms with Gasteiger partial charge < -0.3 is 0 Å². The molecule has 0 aromatic rings. The molecule has 0 spiro atoms. The van der Waals surface area contributed by atoms with Gasteiger partial charge in [0.2, 0.25) is 0 Å². The highest BCUT2D eigenvalue weighted by atomic mass is 32.2. The molecule has 14 heavy (non-hydrogen) atoms. The molecule has 0 radical (unpaired) electrons. The second-order valence-corrected chi connectivity index (χ2v) is 4.56. The van der Waals surface area contributed by atoms with Gasteiger partial charge in [-0.15, -0.1) is 0 Å². The van der Waals surface area contributed by atoms with Crippen molar-refractivity contribution in [3.8, 4) is 0 Å². The molecule has 84 valence electrons. The van der Waals surface area contributed by atoms with Gasteiger partial charge in [-0.1, -0.05) is 38.5 Å². The maximum Gasteiger partial charge on any atom is 0.304 e. The summed E-state index contributed by atoms with van der Waals surface area (Å²) in [5.74, 6) is 0. The molecule has 1 heterocycles. The van der Waals surface area contributed by atoms with Crippen molar-refractivity contribution in [1.82, 2.24) is 0 Å². The molecule has 1 rings (SSSR count). The minimum Gasteiger partial charge on any atom is -0.268 e. The average Bonchev–Trinajstić information content (AvgIpc) is 2.20. The lowest BCUT2D eigenvalue weighted by Crippen LogP contribution is -2.04. The maximum absolute atomic E-state index is 11.1. The van der Waals surface area contributed by atoms with Crippen molar-refractivity contribution in [2.45, 2.75) is 51.4 Å². The molecule has 0 aromatic carbocycles. The van der Waals surface area contributed by atoms with Crippen LogP contribution in [0.25, 0.3) is 0 Å². The zero-order valence-corrected chi connectivity index (χ0v) is 9.52. The van der Waals surface area contributed by atoms with E-state index in [0.29, 0.717) is 13.2 Å². The standard InChI is InChI=1S/C10H20O3S/c11-14-12-9-7-5-3-1-2-4-6-8-10-13-14/h1-10H2. The molecule has 1 aliphatic heterocycles. The van der Waals surface area contributed by atoms with Gasteiger partial charge in [0.1, 0.15) is 0 Å². The summed E-state index contributed by atoms with van der Waals surface area (Å²) in [7, 11) is 0. The first-order valence-electron chi connectivity index (χ1n) is 5.58. The van der Waals surface area contributed by atoms with Crippen LogP contribution in [0.3, 0.4) is 0 Å². The zero-order valence-electron chi connectivity index (χ0n) is 8.70. The highest BCUT2D eigenvalue weighted by Crippen LogP contribution is 2.10. The summed E-state index contributed by atoms with van der Waals surface area (Å²) < 4.78 is 21.1. The Morgan fingerprint density at radius 1 is 0.643 bits per heavy atom. The van der Waals surface area contributed by atoms with Gasteiger partial charge in [-0.3, -0.25) is 8.37 Å². The molecule has 0 bridgehead atoms. The van der Waals surface area contributed by atoms with Crippen LogP contribution < -0.4 is 0 Å². The fraction of sp³-hybridized carbons (Fsp3) is 1.00. The van der Waals surface area contributed by atoms with E-state index in [1.54, 1.807) is 0 Å². The van der Waals surface area contributed by atoms with Gasteiger partial charge in [0, 0.05) is 0 Å². The lowest BCUT2D eigenvalue weighted by atomic mass is 10.1. The van der Waals surface area contributed by atoms with E-state index in [1.807, 2.05) is 0 Å². The monoisotopic (exact) mass is 220 g/mol. The van der Waals surface area contributed by atoms with Crippen molar-refractivity contribution < 1.29 is 12.6 Å². The van der Waals surface area contributed by atoms with Crippen LogP contribution in [0.1, 0.15) is 51.4 Å². The first kappa shape index (κ1) is 12.1. The van der Waals surface area contributed by atoms with Crippen molar-refractivity contribution in [3.63, 3.8) is 0 Å². The molecule has 1 aliphatic rings. The van der Waals surface area contributed by atoms with Gasteiger partial charge in [0.05, 0.1) is 13.2 Å². The quantitative estimate of drug-likeness (QED) is 0.629. The molecule has 3 nitrogen and oxygen atoms in total. The molecule has 0 amide bonds. The Morgan fingerprint density at radius 3 is 1.43 bits per heavy atom. The molecule has 1 fully saturated rings. The average molecular weight is 220 g/mol. The largest absolute Gasteiger partial charge is 0.304 e. The van der Waals surface area contributed by atoms with E-state index in [-0.39, 0.29) is 0 Å². The highest BCUT2D eigenvalue weighted by molar-refractivity contribution is 7.75. The summed E-state index contributed by atoms with van der Waals surface area (Å²) in [5, 5.41) is 0. The van der Waals surface area contributed by atoms with Crippen molar-refractivity contribution >= 4 is 11.4 Å². The van der Waals surface area contributed by atoms with Crippen molar-refractivity contribution in [2.75, 3.05) is 13.2 Å². The van der Waals surface area contributed by atoms with E-state index >= 15 is 0 Å². The van der Waals surface area contributed by atoms with Crippen LogP contribution in [-0.4, -0.2) is 17.4 Å². The number of rotatable bonds is 0. The van der Waals surface area contributed by atoms with E-state index < -0.39 is 11.4 Å². The summed E-state index contributed by atoms with van der Waals surface area (Å²) in [6, 6.07) is 0. The van der Waals surface area contributed by atoms with Crippen LogP contribution in [0.2, 0.25) is 0 Å². The SMILES string of the molecule is O=S1OCCCCCCCCCCO1. The Hall–Kier alpha value is 0.0700. The third-order valence-electron chi connectivity index (χ3n) is 2.40. The Balaban J connectivity index is 2.15. The molecule has 0 N–H and O–H groups in total. The van der Waals surface area contributed by atoms with Crippen LogP contribution >= 0.6 is 0 Å². The van der Waals surface area contributed by atoms with Gasteiger partial charge in [-0.2, -0.15) is 4.21 Å². The fourth-order valence-corrected chi connectivity index (χ4v) is 2.13. The predicted molar refractivity (Wildman–Crippen MR) is 57.0 cm³/mol. The smallest absolute Gasteiger partial charge is 0.268 e. The second kappa shape index (κ2) is 8.38. The fourth-order valence-electron chi connectivity index (χ4n) is 1.55. The summed E-state index contributed by atoms with van der Waals surface area (Å²) >= 11 is -1.51. The van der Waals surface area contributed by atoms with Crippen LogP contribution in [0.4, 0.5) is 0 Å². The van der Waals surface area contributed by atoms with E-state index in [9.17, 15) is 4.21 Å². The van der Waals surface area contributed by atoms with Gasteiger partial charge in [0.15, 0.2) is 0 Å². The lowest BCUT2D eigenvalue weighted by Gasteiger charge is -2.02. The summed E-state index contributed by atoms with van der Waals surface area (Å²) in [6.45, 7) is 1.12. The zero-order chi connectivity index (χ0) is 10.1. The minimum atomic E-state index is -1.51. The molecular weight excluding hydrogens is 200 g/mol. The topological polar surface area (TPSA) is 35.5 Å². The van der Waals surface area contributed by atoms with Gasteiger partial charge in [-0.05, 0) is 12.8 Å². The first-order valence-corrected chi connectivity index (χ1v) is 6.58. The predicted octanol–water partition coefficient (Wildman–Crippen LogP) is 2.73. The highest BCUT2D eigenvalue weighted by Gasteiger charge is 2.02. The summed E-state index contributed by atoms with van der Waals surface area (Å²) in [5.41, 5.74) is 0. The molecule has 0 aromatic heterocycles. The van der Waals surface area contributed by atoms with Crippen LogP contribution in [0, 0.1) is 0 Å². The van der Waals surface area contributed by atoms with Crippen molar-refractivity contribution in [1.29, 1.82) is 0 Å². The molecule has 0 atom stereocenters. The van der Waals surface area contributed by atoms with Crippen molar-refractivity contribution in [3.05, 3.63) is 0 Å². The Kier molecular flexibility index (Phi) is 7.27. The Labute approximate surface area is 89.0 Å². The maximum atomic E-state index is 11.1. The Morgan fingerprint density at radius 2 is 1.00 bits per heavy atom. The number of hydrogen-bond donors (Lipinski definition) is 0. The van der Waals surface area contributed by atoms with Gasteiger partial charge in [-0.25, -0.2) is 0 Å². The first-order chi connectivity index (χ1) is 6.89. The normalized spacial score (nSPS) is 24.6. The molecule has 0 saturated carbocycles. The lowest BCUT2D eigenvalue weighted by molar-refractivity contribution is 0.242. The summed E-state index contributed by atoms with van der Waals surface area (Å²) in [4.78, 5) is 0. The Bertz CT molecular complexity index is 145. The molecule has 4 heteroatoms. The number of hydrogen-bond acceptors (Lipinski definition) is 3. The molecule has 0 aliphatic carbocycles. The van der Waals surface area contributed by atoms with E-state index in [1.165, 1.54) is 38.5 Å². The summed E-state index contributed by atoms with van der Waals surface area (Å²) in [6.07, 6.45) is 9.54. The molecule has 0 unspecified atom stereocenters. The van der Waals surface area contributed by atoms with E-state index in [4.69, 9.17) is 8.37 Å². The van der Waals surface area contributed by atoms with E-state index in [2.05, 4.69) is 0 Å². The van der Waals surface area contributed by atoms with Crippen molar-refractivity contribution in [2.24, 2.45) is 0 Å². The third kappa shape index (κ3) is 6.51. The third-order valence-corrected chi connectivity index (χ3v) is 3.12. The van der Waals surface area contributed by atoms with E-state index in [0.717, 1.165) is 12.8 Å². The second-order valence-electron chi connectivity index (χ2n) is 3.68. The van der Waals surface area contributed by atoms with Crippen LogP contribution in [0.15, 0.2) is 0 Å². The molecule has 1 saturated heterocycles. The van der Waals surface area contributed by atoms with Gasteiger partial charge >= 0.3 is 11.4 Å². The molecular formula is C10H20O3S.